The molecule has 1 aliphatic carbocycles. The third-order valence-corrected chi connectivity index (χ3v) is 6.33. The lowest BCUT2D eigenvalue weighted by atomic mass is 9.90. The number of hydrogen-bond donors (Lipinski definition) is 0. The van der Waals surface area contributed by atoms with Crippen molar-refractivity contribution in [3.63, 3.8) is 0 Å². The Balaban J connectivity index is 1.65. The van der Waals surface area contributed by atoms with Gasteiger partial charge in [0.05, 0.1) is 19.0 Å². The van der Waals surface area contributed by atoms with Crippen molar-refractivity contribution < 1.29 is 17.9 Å². The average molecular weight is 275 g/mol. The summed E-state index contributed by atoms with van der Waals surface area (Å²) in [4.78, 5) is 0. The Hall–Kier alpha value is -0.170. The van der Waals surface area contributed by atoms with Crippen LogP contribution in [-0.4, -0.2) is 50.1 Å². The molecule has 3 fully saturated rings. The highest BCUT2D eigenvalue weighted by molar-refractivity contribution is 7.89. The fourth-order valence-corrected chi connectivity index (χ4v) is 5.21. The minimum absolute atomic E-state index is 0.161. The van der Waals surface area contributed by atoms with Gasteiger partial charge in [0.1, 0.15) is 0 Å². The molecule has 1 spiro atoms. The maximum Gasteiger partial charge on any atom is 0.214 e. The highest BCUT2D eigenvalue weighted by Gasteiger charge is 2.43. The first kappa shape index (κ1) is 12.8. The van der Waals surface area contributed by atoms with Gasteiger partial charge in [0.15, 0.2) is 5.79 Å². The summed E-state index contributed by atoms with van der Waals surface area (Å²) in [7, 11) is -3.01. The smallest absolute Gasteiger partial charge is 0.214 e. The summed E-state index contributed by atoms with van der Waals surface area (Å²) < 4.78 is 37.2. The van der Waals surface area contributed by atoms with E-state index in [1.165, 1.54) is 0 Å². The first-order valence-corrected chi connectivity index (χ1v) is 8.50. The van der Waals surface area contributed by atoms with Crippen LogP contribution < -0.4 is 0 Å². The lowest BCUT2D eigenvalue weighted by molar-refractivity contribution is -0.181. The van der Waals surface area contributed by atoms with Crippen molar-refractivity contribution in [3.05, 3.63) is 0 Å². The van der Waals surface area contributed by atoms with Crippen molar-refractivity contribution >= 4 is 10.0 Å². The number of sulfonamides is 1. The van der Waals surface area contributed by atoms with Gasteiger partial charge in [0.2, 0.25) is 10.0 Å². The second-order valence-corrected chi connectivity index (χ2v) is 7.51. The van der Waals surface area contributed by atoms with Gasteiger partial charge in [-0.05, 0) is 25.7 Å². The summed E-state index contributed by atoms with van der Waals surface area (Å²) in [5.74, 6) is -0.0717. The molecule has 0 aromatic carbocycles. The Morgan fingerprint density at radius 3 is 2.33 bits per heavy atom. The summed E-state index contributed by atoms with van der Waals surface area (Å²) in [6, 6.07) is 0.161. The first-order valence-electron chi connectivity index (χ1n) is 6.89. The number of nitrogens with zero attached hydrogens (tertiary/aromatic N) is 1. The van der Waals surface area contributed by atoms with E-state index >= 15 is 0 Å². The lowest BCUT2D eigenvalue weighted by Gasteiger charge is -2.41. The number of rotatable bonds is 1. The summed E-state index contributed by atoms with van der Waals surface area (Å²) in [6.45, 7) is 2.04. The van der Waals surface area contributed by atoms with Crippen LogP contribution in [0.2, 0.25) is 0 Å². The van der Waals surface area contributed by atoms with Crippen molar-refractivity contribution in [1.82, 2.24) is 4.31 Å². The van der Waals surface area contributed by atoms with E-state index in [1.807, 2.05) is 0 Å². The SMILES string of the molecule is O=S1(=O)CCCCN1C1CCC2(CC1)OCCO2. The minimum atomic E-state index is -3.01. The van der Waals surface area contributed by atoms with Crippen molar-refractivity contribution in [2.45, 2.75) is 50.4 Å². The molecule has 0 bridgehead atoms. The van der Waals surface area contributed by atoms with Crippen LogP contribution in [0, 0.1) is 0 Å². The van der Waals surface area contributed by atoms with Gasteiger partial charge in [-0.15, -0.1) is 0 Å². The largest absolute Gasteiger partial charge is 0.348 e. The van der Waals surface area contributed by atoms with Crippen LogP contribution in [0.4, 0.5) is 0 Å². The molecule has 0 radical (unpaired) electrons. The summed E-state index contributed by atoms with van der Waals surface area (Å²) >= 11 is 0. The van der Waals surface area contributed by atoms with Crippen LogP contribution in [0.15, 0.2) is 0 Å². The predicted octanol–water partition coefficient (Wildman–Crippen LogP) is 1.10. The minimum Gasteiger partial charge on any atom is -0.348 e. The van der Waals surface area contributed by atoms with E-state index in [9.17, 15) is 8.42 Å². The van der Waals surface area contributed by atoms with Gasteiger partial charge in [-0.2, -0.15) is 4.31 Å². The molecule has 0 amide bonds. The average Bonchev–Trinajstić information content (AvgIpc) is 2.79. The second kappa shape index (κ2) is 4.74. The third-order valence-electron chi connectivity index (χ3n) is 4.33. The Labute approximate surface area is 108 Å². The van der Waals surface area contributed by atoms with Gasteiger partial charge in [-0.3, -0.25) is 0 Å². The predicted molar refractivity (Wildman–Crippen MR) is 66.6 cm³/mol. The van der Waals surface area contributed by atoms with E-state index in [0.717, 1.165) is 38.5 Å². The van der Waals surface area contributed by atoms with E-state index in [-0.39, 0.29) is 6.04 Å². The van der Waals surface area contributed by atoms with Gasteiger partial charge in [-0.25, -0.2) is 8.42 Å². The van der Waals surface area contributed by atoms with Crippen molar-refractivity contribution in [3.8, 4) is 0 Å². The number of hydrogen-bond acceptors (Lipinski definition) is 4. The molecule has 2 saturated heterocycles. The molecule has 3 aliphatic rings. The molecule has 18 heavy (non-hydrogen) atoms. The van der Waals surface area contributed by atoms with Gasteiger partial charge in [0, 0.05) is 25.4 Å². The van der Waals surface area contributed by atoms with Crippen molar-refractivity contribution in [2.24, 2.45) is 0 Å². The molecule has 2 heterocycles. The molecule has 0 aromatic rings. The Kier molecular flexibility index (Phi) is 3.38. The summed E-state index contributed by atoms with van der Waals surface area (Å²) in [5.41, 5.74) is 0. The zero-order chi connectivity index (χ0) is 12.6. The monoisotopic (exact) mass is 275 g/mol. The van der Waals surface area contributed by atoms with E-state index in [1.54, 1.807) is 4.31 Å². The molecule has 1 saturated carbocycles. The molecule has 3 rings (SSSR count). The summed E-state index contributed by atoms with van der Waals surface area (Å²) in [5, 5.41) is 0. The van der Waals surface area contributed by atoms with E-state index in [4.69, 9.17) is 9.47 Å². The van der Waals surface area contributed by atoms with Crippen LogP contribution in [-0.2, 0) is 19.5 Å². The molecule has 6 heteroatoms. The quantitative estimate of drug-likeness (QED) is 0.719. The highest BCUT2D eigenvalue weighted by Crippen LogP contribution is 2.38. The molecule has 0 unspecified atom stereocenters. The number of ether oxygens (including phenoxy) is 2. The van der Waals surface area contributed by atoms with E-state index in [0.29, 0.717) is 25.5 Å². The molecule has 2 aliphatic heterocycles. The molecule has 0 atom stereocenters. The van der Waals surface area contributed by atoms with Crippen LogP contribution >= 0.6 is 0 Å². The van der Waals surface area contributed by atoms with Gasteiger partial charge in [-0.1, -0.05) is 0 Å². The molecule has 5 nitrogen and oxygen atoms in total. The van der Waals surface area contributed by atoms with Gasteiger partial charge >= 0.3 is 0 Å². The molecular weight excluding hydrogens is 254 g/mol. The second-order valence-electron chi connectivity index (χ2n) is 5.47. The standard InChI is InChI=1S/C12H21NO4S/c14-18(15)10-2-1-7-13(18)11-3-5-12(6-4-11)16-8-9-17-12/h11H,1-10H2. The lowest BCUT2D eigenvalue weighted by Crippen LogP contribution is -2.49. The molecule has 0 aromatic heterocycles. The molecule has 0 N–H and O–H groups in total. The van der Waals surface area contributed by atoms with Gasteiger partial charge in [0.25, 0.3) is 0 Å². The van der Waals surface area contributed by atoms with Crippen LogP contribution in [0.25, 0.3) is 0 Å². The Morgan fingerprint density at radius 1 is 1.06 bits per heavy atom. The first-order chi connectivity index (χ1) is 8.61. The maximum absolute atomic E-state index is 12.1. The Morgan fingerprint density at radius 2 is 1.72 bits per heavy atom. The van der Waals surface area contributed by atoms with Crippen LogP contribution in [0.1, 0.15) is 38.5 Å². The van der Waals surface area contributed by atoms with Crippen molar-refractivity contribution in [2.75, 3.05) is 25.5 Å². The third kappa shape index (κ3) is 2.31. The molecule has 104 valence electrons. The topological polar surface area (TPSA) is 55.8 Å². The zero-order valence-corrected chi connectivity index (χ0v) is 11.5. The fraction of sp³-hybridized carbons (Fsp3) is 1.00. The van der Waals surface area contributed by atoms with E-state index in [2.05, 4.69) is 0 Å². The molecular formula is C12H21NO4S. The highest BCUT2D eigenvalue weighted by atomic mass is 32.2. The Bertz CT molecular complexity index is 392. The maximum atomic E-state index is 12.1. The van der Waals surface area contributed by atoms with Crippen molar-refractivity contribution in [1.29, 1.82) is 0 Å². The zero-order valence-electron chi connectivity index (χ0n) is 10.6. The summed E-state index contributed by atoms with van der Waals surface area (Å²) in [6.07, 6.45) is 5.17. The van der Waals surface area contributed by atoms with Crippen LogP contribution in [0.3, 0.4) is 0 Å². The van der Waals surface area contributed by atoms with Gasteiger partial charge < -0.3 is 9.47 Å². The normalized spacial score (nSPS) is 32.9. The van der Waals surface area contributed by atoms with E-state index < -0.39 is 15.8 Å². The fourth-order valence-electron chi connectivity index (χ4n) is 3.33. The van der Waals surface area contributed by atoms with Crippen LogP contribution in [0.5, 0.6) is 0 Å².